The number of hydrogen-bond donors (Lipinski definition) is 1. The maximum Gasteiger partial charge on any atom is 0.326 e. The van der Waals surface area contributed by atoms with E-state index >= 15 is 0 Å². The summed E-state index contributed by atoms with van der Waals surface area (Å²) in [5, 5.41) is 2.06. The number of ether oxygens (including phenoxy) is 1. The lowest BCUT2D eigenvalue weighted by molar-refractivity contribution is -0.148. The van der Waals surface area contributed by atoms with Crippen molar-refractivity contribution in [3.05, 3.63) is 11.1 Å². The third-order valence-corrected chi connectivity index (χ3v) is 5.90. The second kappa shape index (κ2) is 6.24. The molecule has 19 heavy (non-hydrogen) atoms. The fourth-order valence-electron chi connectivity index (χ4n) is 2.65. The average Bonchev–Trinajstić information content (AvgIpc) is 2.97. The van der Waals surface area contributed by atoms with E-state index in [2.05, 4.69) is 10.4 Å². The molecule has 0 bridgehead atoms. The molecule has 2 atom stereocenters. The second-order valence-corrected chi connectivity index (χ2v) is 7.21. The van der Waals surface area contributed by atoms with Crippen LogP contribution in [0, 0.1) is 12.8 Å². The standard InChI is InChI=1S/C13H20N2O2S2/c1-9-8-19-12(15-9)18-7-5-10-4-3-6-13(10,14)11(16)17-2/h8,10H,3-7,14H2,1-2H3. The van der Waals surface area contributed by atoms with E-state index in [9.17, 15) is 4.79 Å². The molecule has 2 rings (SSSR count). The summed E-state index contributed by atoms with van der Waals surface area (Å²) in [4.78, 5) is 16.2. The molecule has 0 aliphatic heterocycles. The molecule has 2 unspecified atom stereocenters. The van der Waals surface area contributed by atoms with Gasteiger partial charge in [-0.05, 0) is 32.1 Å². The van der Waals surface area contributed by atoms with Gasteiger partial charge in [-0.3, -0.25) is 4.79 Å². The van der Waals surface area contributed by atoms with E-state index in [-0.39, 0.29) is 11.9 Å². The van der Waals surface area contributed by atoms with Crippen LogP contribution in [0.2, 0.25) is 0 Å². The van der Waals surface area contributed by atoms with Gasteiger partial charge in [0, 0.05) is 16.8 Å². The number of thioether (sulfide) groups is 1. The van der Waals surface area contributed by atoms with E-state index in [0.29, 0.717) is 0 Å². The molecule has 6 heteroatoms. The van der Waals surface area contributed by atoms with Gasteiger partial charge in [0.15, 0.2) is 0 Å². The molecule has 0 amide bonds. The van der Waals surface area contributed by atoms with Gasteiger partial charge in [-0.15, -0.1) is 11.3 Å². The number of carbonyl (C=O) groups excluding carboxylic acids is 1. The van der Waals surface area contributed by atoms with Gasteiger partial charge in [0.05, 0.1) is 7.11 Å². The van der Waals surface area contributed by atoms with Gasteiger partial charge in [0.25, 0.3) is 0 Å². The molecular weight excluding hydrogens is 280 g/mol. The second-order valence-electron chi connectivity index (χ2n) is 5.01. The highest BCUT2D eigenvalue weighted by atomic mass is 32.2. The number of methoxy groups -OCH3 is 1. The molecule has 1 aliphatic carbocycles. The molecule has 2 N–H and O–H groups in total. The lowest BCUT2D eigenvalue weighted by Gasteiger charge is -2.28. The predicted molar refractivity (Wildman–Crippen MR) is 78.5 cm³/mol. The van der Waals surface area contributed by atoms with E-state index in [1.54, 1.807) is 23.1 Å². The third kappa shape index (κ3) is 3.30. The Hall–Kier alpha value is -0.590. The normalized spacial score (nSPS) is 26.6. The van der Waals surface area contributed by atoms with Crippen LogP contribution in [0.1, 0.15) is 31.4 Å². The zero-order valence-electron chi connectivity index (χ0n) is 11.3. The maximum atomic E-state index is 11.8. The Morgan fingerprint density at radius 2 is 2.53 bits per heavy atom. The van der Waals surface area contributed by atoms with Crippen LogP contribution >= 0.6 is 23.1 Å². The van der Waals surface area contributed by atoms with Gasteiger partial charge in [-0.1, -0.05) is 18.2 Å². The number of rotatable bonds is 5. The summed E-state index contributed by atoms with van der Waals surface area (Å²) in [7, 11) is 1.42. The molecule has 0 aromatic carbocycles. The molecule has 4 nitrogen and oxygen atoms in total. The number of esters is 1. The smallest absolute Gasteiger partial charge is 0.326 e. The van der Waals surface area contributed by atoms with E-state index in [4.69, 9.17) is 10.5 Å². The Balaban J connectivity index is 1.86. The minimum Gasteiger partial charge on any atom is -0.468 e. The van der Waals surface area contributed by atoms with Gasteiger partial charge >= 0.3 is 5.97 Å². The van der Waals surface area contributed by atoms with Crippen molar-refractivity contribution in [2.24, 2.45) is 11.7 Å². The van der Waals surface area contributed by atoms with Crippen LogP contribution in [0.5, 0.6) is 0 Å². The number of carbonyl (C=O) groups is 1. The van der Waals surface area contributed by atoms with Crippen LogP contribution in [-0.4, -0.2) is 29.4 Å². The molecule has 1 fully saturated rings. The summed E-state index contributed by atoms with van der Waals surface area (Å²) in [6, 6.07) is 0. The molecule has 106 valence electrons. The van der Waals surface area contributed by atoms with E-state index in [1.165, 1.54) is 7.11 Å². The molecule has 0 saturated heterocycles. The first kappa shape index (κ1) is 14.8. The maximum absolute atomic E-state index is 11.8. The van der Waals surface area contributed by atoms with Gasteiger partial charge in [-0.2, -0.15) is 0 Å². The van der Waals surface area contributed by atoms with Crippen molar-refractivity contribution in [2.45, 2.75) is 42.5 Å². The Morgan fingerprint density at radius 3 is 3.16 bits per heavy atom. The summed E-state index contributed by atoms with van der Waals surface area (Å²) >= 11 is 3.42. The van der Waals surface area contributed by atoms with E-state index < -0.39 is 5.54 Å². The highest BCUT2D eigenvalue weighted by molar-refractivity contribution is 8.01. The van der Waals surface area contributed by atoms with Crippen molar-refractivity contribution in [1.82, 2.24) is 4.98 Å². The summed E-state index contributed by atoms with van der Waals surface area (Å²) in [5.41, 5.74) is 6.54. The first-order valence-electron chi connectivity index (χ1n) is 6.48. The van der Waals surface area contributed by atoms with Crippen LogP contribution in [0.3, 0.4) is 0 Å². The number of hydrogen-bond acceptors (Lipinski definition) is 6. The van der Waals surface area contributed by atoms with Crippen molar-refractivity contribution in [3.8, 4) is 0 Å². The number of nitrogens with two attached hydrogens (primary N) is 1. The van der Waals surface area contributed by atoms with Gasteiger partial charge in [0.2, 0.25) is 0 Å². The number of thiazole rings is 1. The molecule has 1 aromatic rings. The Morgan fingerprint density at radius 1 is 1.74 bits per heavy atom. The molecule has 1 heterocycles. The monoisotopic (exact) mass is 300 g/mol. The van der Waals surface area contributed by atoms with Crippen LogP contribution in [0.15, 0.2) is 9.72 Å². The number of nitrogens with zero attached hydrogens (tertiary/aromatic N) is 1. The van der Waals surface area contributed by atoms with Crippen molar-refractivity contribution in [1.29, 1.82) is 0 Å². The molecule has 1 saturated carbocycles. The minimum atomic E-state index is -0.770. The third-order valence-electron chi connectivity index (χ3n) is 3.73. The van der Waals surface area contributed by atoms with Crippen LogP contribution in [0.4, 0.5) is 0 Å². The van der Waals surface area contributed by atoms with E-state index in [0.717, 1.165) is 41.5 Å². The number of aryl methyl sites for hydroxylation is 1. The number of aromatic nitrogens is 1. The summed E-state index contributed by atoms with van der Waals surface area (Å²) < 4.78 is 5.95. The quantitative estimate of drug-likeness (QED) is 0.669. The fourth-order valence-corrected chi connectivity index (χ4v) is 4.62. The Labute approximate surface area is 122 Å². The summed E-state index contributed by atoms with van der Waals surface area (Å²) in [6.45, 7) is 2.00. The van der Waals surface area contributed by atoms with Gasteiger partial charge in [0.1, 0.15) is 9.88 Å². The van der Waals surface area contributed by atoms with Gasteiger partial charge in [-0.25, -0.2) is 4.98 Å². The van der Waals surface area contributed by atoms with E-state index in [1.807, 2.05) is 6.92 Å². The Bertz CT molecular complexity index is 450. The van der Waals surface area contributed by atoms with Crippen LogP contribution < -0.4 is 5.73 Å². The summed E-state index contributed by atoms with van der Waals surface area (Å²) in [5.74, 6) is 0.923. The lowest BCUT2D eigenvalue weighted by Crippen LogP contribution is -2.51. The summed E-state index contributed by atoms with van der Waals surface area (Å²) in [6.07, 6.45) is 3.71. The minimum absolute atomic E-state index is 0.230. The molecule has 0 spiro atoms. The van der Waals surface area contributed by atoms with Crippen molar-refractivity contribution >= 4 is 29.1 Å². The molecular formula is C13H20N2O2S2. The largest absolute Gasteiger partial charge is 0.468 e. The first-order valence-corrected chi connectivity index (χ1v) is 8.35. The lowest BCUT2D eigenvalue weighted by atomic mass is 9.86. The van der Waals surface area contributed by atoms with Crippen molar-refractivity contribution in [3.63, 3.8) is 0 Å². The van der Waals surface area contributed by atoms with Crippen LogP contribution in [-0.2, 0) is 9.53 Å². The molecule has 1 aliphatic rings. The predicted octanol–water partition coefficient (Wildman–Crippen LogP) is 2.60. The fraction of sp³-hybridized carbons (Fsp3) is 0.692. The first-order chi connectivity index (χ1) is 9.06. The van der Waals surface area contributed by atoms with Crippen molar-refractivity contribution in [2.75, 3.05) is 12.9 Å². The highest BCUT2D eigenvalue weighted by Crippen LogP contribution is 2.38. The zero-order chi connectivity index (χ0) is 13.9. The zero-order valence-corrected chi connectivity index (χ0v) is 13.0. The SMILES string of the molecule is COC(=O)C1(N)CCCC1CCSc1nc(C)cs1. The highest BCUT2D eigenvalue weighted by Gasteiger charge is 2.46. The van der Waals surface area contributed by atoms with Crippen molar-refractivity contribution < 1.29 is 9.53 Å². The Kier molecular flexibility index (Phi) is 4.86. The average molecular weight is 300 g/mol. The topological polar surface area (TPSA) is 65.2 Å². The van der Waals surface area contributed by atoms with Gasteiger partial charge < -0.3 is 10.5 Å². The molecule has 0 radical (unpaired) electrons. The van der Waals surface area contributed by atoms with Crippen LogP contribution in [0.25, 0.3) is 0 Å². The molecule has 1 aromatic heterocycles.